The Morgan fingerprint density at radius 1 is 1.10 bits per heavy atom. The molecular formula is C16H27NO2S. The maximum absolute atomic E-state index is 12.5. The van der Waals surface area contributed by atoms with E-state index in [2.05, 4.69) is 5.32 Å². The van der Waals surface area contributed by atoms with Crippen LogP contribution in [0.3, 0.4) is 0 Å². The molecule has 1 aromatic carbocycles. The van der Waals surface area contributed by atoms with Crippen molar-refractivity contribution in [2.24, 2.45) is 5.92 Å². The third-order valence-corrected chi connectivity index (χ3v) is 6.31. The van der Waals surface area contributed by atoms with Crippen LogP contribution in [0.4, 0.5) is 0 Å². The average Bonchev–Trinajstić information content (AvgIpc) is 2.38. The summed E-state index contributed by atoms with van der Waals surface area (Å²) in [5.74, 6) is 0.295. The lowest BCUT2D eigenvalue weighted by Crippen LogP contribution is -2.34. The molecule has 20 heavy (non-hydrogen) atoms. The Labute approximate surface area is 123 Å². The number of sulfone groups is 1. The third kappa shape index (κ3) is 4.60. The first-order valence-corrected chi connectivity index (χ1v) is 9.01. The van der Waals surface area contributed by atoms with Crippen molar-refractivity contribution in [2.45, 2.75) is 45.9 Å². The van der Waals surface area contributed by atoms with E-state index in [1.54, 1.807) is 6.92 Å². The van der Waals surface area contributed by atoms with Gasteiger partial charge in [-0.3, -0.25) is 0 Å². The normalized spacial score (nSPS) is 15.3. The molecule has 0 aliphatic carbocycles. The molecular weight excluding hydrogens is 270 g/mol. The van der Waals surface area contributed by atoms with E-state index in [1.807, 2.05) is 52.0 Å². The summed E-state index contributed by atoms with van der Waals surface area (Å²) in [6.07, 6.45) is 0. The number of aryl methyl sites for hydroxylation is 1. The number of hydrogen-bond donors (Lipinski definition) is 1. The highest BCUT2D eigenvalue weighted by molar-refractivity contribution is 7.92. The molecule has 0 amide bonds. The van der Waals surface area contributed by atoms with Gasteiger partial charge in [-0.15, -0.1) is 0 Å². The molecule has 2 unspecified atom stereocenters. The SMILES string of the molecule is CCNC(CS(=O)(=O)C(C)C(C)C)c1ccc(C)cc1. The van der Waals surface area contributed by atoms with E-state index in [-0.39, 0.29) is 23.0 Å². The second kappa shape index (κ2) is 7.23. The lowest BCUT2D eigenvalue weighted by Gasteiger charge is -2.23. The van der Waals surface area contributed by atoms with Crippen molar-refractivity contribution in [1.82, 2.24) is 5.32 Å². The van der Waals surface area contributed by atoms with Crippen molar-refractivity contribution in [3.8, 4) is 0 Å². The first-order chi connectivity index (χ1) is 9.27. The molecule has 0 fully saturated rings. The fraction of sp³-hybridized carbons (Fsp3) is 0.625. The number of benzene rings is 1. The van der Waals surface area contributed by atoms with Crippen molar-refractivity contribution in [1.29, 1.82) is 0 Å². The molecule has 0 aliphatic rings. The lowest BCUT2D eigenvalue weighted by atomic mass is 10.1. The summed E-state index contributed by atoms with van der Waals surface area (Å²) < 4.78 is 24.9. The van der Waals surface area contributed by atoms with Crippen LogP contribution < -0.4 is 5.32 Å². The maximum Gasteiger partial charge on any atom is 0.155 e. The van der Waals surface area contributed by atoms with Crippen molar-refractivity contribution in [3.63, 3.8) is 0 Å². The van der Waals surface area contributed by atoms with E-state index in [9.17, 15) is 8.42 Å². The van der Waals surface area contributed by atoms with E-state index < -0.39 is 9.84 Å². The van der Waals surface area contributed by atoms with Crippen LogP contribution in [-0.2, 0) is 9.84 Å². The zero-order chi connectivity index (χ0) is 15.3. The third-order valence-electron chi connectivity index (χ3n) is 3.83. The molecule has 114 valence electrons. The molecule has 1 aromatic rings. The minimum absolute atomic E-state index is 0.133. The Bertz CT molecular complexity index is 506. The summed E-state index contributed by atoms with van der Waals surface area (Å²) >= 11 is 0. The summed E-state index contributed by atoms with van der Waals surface area (Å²) in [7, 11) is -3.10. The molecule has 0 heterocycles. The predicted molar refractivity (Wildman–Crippen MR) is 85.7 cm³/mol. The summed E-state index contributed by atoms with van der Waals surface area (Å²) in [6.45, 7) is 10.5. The van der Waals surface area contributed by atoms with Gasteiger partial charge < -0.3 is 5.32 Å². The lowest BCUT2D eigenvalue weighted by molar-refractivity contribution is 0.525. The van der Waals surface area contributed by atoms with Crippen LogP contribution in [0.1, 0.15) is 44.9 Å². The van der Waals surface area contributed by atoms with Gasteiger partial charge in [-0.2, -0.15) is 0 Å². The summed E-state index contributed by atoms with van der Waals surface area (Å²) in [4.78, 5) is 0. The van der Waals surface area contributed by atoms with Gasteiger partial charge in [0.1, 0.15) is 0 Å². The summed E-state index contributed by atoms with van der Waals surface area (Å²) in [6, 6.07) is 7.94. The number of nitrogens with one attached hydrogen (secondary N) is 1. The van der Waals surface area contributed by atoms with Gasteiger partial charge in [0.15, 0.2) is 9.84 Å². The molecule has 1 N–H and O–H groups in total. The zero-order valence-electron chi connectivity index (χ0n) is 13.2. The van der Waals surface area contributed by atoms with Crippen molar-refractivity contribution in [3.05, 3.63) is 35.4 Å². The van der Waals surface area contributed by atoms with Crippen molar-refractivity contribution >= 4 is 9.84 Å². The Kier molecular flexibility index (Phi) is 6.21. The van der Waals surface area contributed by atoms with Gasteiger partial charge in [0, 0.05) is 6.04 Å². The first kappa shape index (κ1) is 17.2. The van der Waals surface area contributed by atoms with Crippen LogP contribution in [0.15, 0.2) is 24.3 Å². The van der Waals surface area contributed by atoms with Crippen LogP contribution in [0.25, 0.3) is 0 Å². The van der Waals surface area contributed by atoms with Gasteiger partial charge in [0.25, 0.3) is 0 Å². The van der Waals surface area contributed by atoms with Gasteiger partial charge in [0.2, 0.25) is 0 Å². The summed E-state index contributed by atoms with van der Waals surface area (Å²) in [5.41, 5.74) is 2.22. The highest BCUT2D eigenvalue weighted by atomic mass is 32.2. The van der Waals surface area contributed by atoms with Crippen LogP contribution in [0.5, 0.6) is 0 Å². The minimum Gasteiger partial charge on any atom is -0.309 e. The van der Waals surface area contributed by atoms with Gasteiger partial charge >= 0.3 is 0 Å². The Morgan fingerprint density at radius 2 is 1.65 bits per heavy atom. The molecule has 0 bridgehead atoms. The highest BCUT2D eigenvalue weighted by Gasteiger charge is 2.27. The van der Waals surface area contributed by atoms with E-state index >= 15 is 0 Å². The van der Waals surface area contributed by atoms with Gasteiger partial charge in [-0.05, 0) is 31.9 Å². The molecule has 0 saturated heterocycles. The highest BCUT2D eigenvalue weighted by Crippen LogP contribution is 2.21. The van der Waals surface area contributed by atoms with Gasteiger partial charge in [0.05, 0.1) is 11.0 Å². The Balaban J connectivity index is 2.95. The van der Waals surface area contributed by atoms with E-state index in [1.165, 1.54) is 5.56 Å². The largest absolute Gasteiger partial charge is 0.309 e. The van der Waals surface area contributed by atoms with E-state index in [0.29, 0.717) is 0 Å². The molecule has 0 saturated carbocycles. The topological polar surface area (TPSA) is 46.2 Å². The molecule has 0 aromatic heterocycles. The Hall–Kier alpha value is -0.870. The smallest absolute Gasteiger partial charge is 0.155 e. The van der Waals surface area contributed by atoms with Crippen LogP contribution in [-0.4, -0.2) is 26.0 Å². The quantitative estimate of drug-likeness (QED) is 0.841. The average molecular weight is 297 g/mol. The van der Waals surface area contributed by atoms with Gasteiger partial charge in [-0.25, -0.2) is 8.42 Å². The standard InChI is InChI=1S/C16H27NO2S/c1-6-17-16(15-9-7-13(4)8-10-15)11-20(18,19)14(5)12(2)3/h7-10,12,14,16-17H,6,11H2,1-5H3. The van der Waals surface area contributed by atoms with Crippen molar-refractivity contribution < 1.29 is 8.42 Å². The molecule has 3 nitrogen and oxygen atoms in total. The fourth-order valence-electron chi connectivity index (χ4n) is 2.12. The second-order valence-electron chi connectivity index (χ2n) is 5.80. The molecule has 2 atom stereocenters. The molecule has 1 rings (SSSR count). The van der Waals surface area contributed by atoms with Crippen LogP contribution in [0, 0.1) is 12.8 Å². The van der Waals surface area contributed by atoms with Crippen LogP contribution >= 0.6 is 0 Å². The van der Waals surface area contributed by atoms with Crippen molar-refractivity contribution in [2.75, 3.05) is 12.3 Å². The zero-order valence-corrected chi connectivity index (χ0v) is 14.0. The maximum atomic E-state index is 12.5. The fourth-order valence-corrected chi connectivity index (χ4v) is 4.02. The van der Waals surface area contributed by atoms with Crippen LogP contribution in [0.2, 0.25) is 0 Å². The monoisotopic (exact) mass is 297 g/mol. The Morgan fingerprint density at radius 3 is 2.10 bits per heavy atom. The summed E-state index contributed by atoms with van der Waals surface area (Å²) in [5, 5.41) is 2.98. The van der Waals surface area contributed by atoms with E-state index in [4.69, 9.17) is 0 Å². The molecule has 0 aliphatic heterocycles. The number of rotatable bonds is 7. The predicted octanol–water partition coefficient (Wildman–Crippen LogP) is 3.10. The molecule has 0 spiro atoms. The van der Waals surface area contributed by atoms with E-state index in [0.717, 1.165) is 12.1 Å². The second-order valence-corrected chi connectivity index (χ2v) is 8.20. The first-order valence-electron chi connectivity index (χ1n) is 7.29. The minimum atomic E-state index is -3.10. The number of hydrogen-bond acceptors (Lipinski definition) is 3. The molecule has 0 radical (unpaired) electrons. The molecule has 4 heteroatoms. The van der Waals surface area contributed by atoms with Gasteiger partial charge in [-0.1, -0.05) is 50.6 Å².